The van der Waals surface area contributed by atoms with Gasteiger partial charge in [0.1, 0.15) is 0 Å². The van der Waals surface area contributed by atoms with Crippen LogP contribution in [0.25, 0.3) is 0 Å². The molecule has 1 atom stereocenters. The van der Waals surface area contributed by atoms with Crippen LogP contribution in [0.15, 0.2) is 54.6 Å². The van der Waals surface area contributed by atoms with Crippen LogP contribution < -0.4 is 29.0 Å². The molecule has 4 bridgehead atoms. The molecule has 1 N–H and O–H groups in total. The molecule has 1 heterocycles. The summed E-state index contributed by atoms with van der Waals surface area (Å²) < 4.78 is 28.3. The maximum atomic E-state index is 6.34. The van der Waals surface area contributed by atoms with Crippen LogP contribution in [0.5, 0.6) is 34.5 Å². The number of hydrogen-bond donors (Lipinski definition) is 1. The van der Waals surface area contributed by atoms with E-state index in [9.17, 15) is 0 Å². The van der Waals surface area contributed by atoms with Gasteiger partial charge >= 0.3 is 0 Å². The first-order chi connectivity index (χ1) is 18.1. The highest BCUT2D eigenvalue weighted by atomic mass is 16.5. The second-order valence-corrected chi connectivity index (χ2v) is 9.45. The summed E-state index contributed by atoms with van der Waals surface area (Å²) in [7, 11) is 6.69. The van der Waals surface area contributed by atoms with Gasteiger partial charge in [0.15, 0.2) is 34.5 Å². The number of ether oxygens (including phenoxy) is 5. The van der Waals surface area contributed by atoms with E-state index in [0.717, 1.165) is 68.1 Å². The van der Waals surface area contributed by atoms with Crippen molar-refractivity contribution < 1.29 is 23.7 Å². The molecule has 0 fully saturated rings. The lowest BCUT2D eigenvalue weighted by atomic mass is 9.98. The van der Waals surface area contributed by atoms with Crippen LogP contribution in [0.4, 0.5) is 0 Å². The average Bonchev–Trinajstić information content (AvgIpc) is 2.93. The molecule has 0 aromatic heterocycles. The van der Waals surface area contributed by atoms with Gasteiger partial charge in [-0.05, 0) is 98.2 Å². The van der Waals surface area contributed by atoms with E-state index in [0.29, 0.717) is 17.5 Å². The smallest absolute Gasteiger partial charge is 0.169 e. The molecule has 0 radical (unpaired) electrons. The third-order valence-corrected chi connectivity index (χ3v) is 7.02. The van der Waals surface area contributed by atoms with E-state index in [2.05, 4.69) is 41.7 Å². The highest BCUT2D eigenvalue weighted by molar-refractivity contribution is 5.50. The zero-order chi connectivity index (χ0) is 26.0. The first-order valence-corrected chi connectivity index (χ1v) is 13.1. The van der Waals surface area contributed by atoms with Crippen LogP contribution in [-0.4, -0.2) is 41.0 Å². The summed E-state index contributed by atoms with van der Waals surface area (Å²) in [6.07, 6.45) is 7.42. The zero-order valence-corrected chi connectivity index (χ0v) is 22.5. The molecule has 0 spiro atoms. The number of nitrogens with one attached hydrogen (secondary N) is 1. The van der Waals surface area contributed by atoms with Crippen molar-refractivity contribution in [3.8, 4) is 34.5 Å². The zero-order valence-electron chi connectivity index (χ0n) is 22.5. The second kappa shape index (κ2) is 13.2. The molecule has 198 valence electrons. The molecule has 6 nitrogen and oxygen atoms in total. The molecule has 3 aromatic carbocycles. The summed E-state index contributed by atoms with van der Waals surface area (Å²) >= 11 is 0. The fourth-order valence-corrected chi connectivity index (χ4v) is 4.90. The van der Waals surface area contributed by atoms with Crippen molar-refractivity contribution >= 4 is 0 Å². The van der Waals surface area contributed by atoms with Crippen molar-refractivity contribution in [2.45, 2.75) is 51.0 Å². The van der Waals surface area contributed by atoms with Gasteiger partial charge in [0.25, 0.3) is 0 Å². The molecule has 0 saturated carbocycles. The predicted molar refractivity (Wildman–Crippen MR) is 147 cm³/mol. The summed E-state index contributed by atoms with van der Waals surface area (Å²) in [4.78, 5) is 0. The monoisotopic (exact) mass is 505 g/mol. The average molecular weight is 506 g/mol. The van der Waals surface area contributed by atoms with Gasteiger partial charge in [0.05, 0.1) is 28.4 Å². The Labute approximate surface area is 220 Å². The number of fused-ring (bicyclic) bond motifs is 4. The van der Waals surface area contributed by atoms with E-state index in [1.807, 2.05) is 18.2 Å². The van der Waals surface area contributed by atoms with Crippen molar-refractivity contribution in [1.29, 1.82) is 0 Å². The Morgan fingerprint density at radius 3 is 1.95 bits per heavy atom. The number of aryl methyl sites for hydroxylation is 2. The minimum Gasteiger partial charge on any atom is -0.493 e. The van der Waals surface area contributed by atoms with Crippen LogP contribution in [0.2, 0.25) is 0 Å². The van der Waals surface area contributed by atoms with Crippen molar-refractivity contribution in [2.24, 2.45) is 0 Å². The van der Waals surface area contributed by atoms with E-state index >= 15 is 0 Å². The lowest BCUT2D eigenvalue weighted by molar-refractivity contribution is 0.354. The molecule has 3 aromatic rings. The molecule has 0 amide bonds. The van der Waals surface area contributed by atoms with E-state index in [4.69, 9.17) is 23.7 Å². The third kappa shape index (κ3) is 7.10. The lowest BCUT2D eigenvalue weighted by Crippen LogP contribution is -2.31. The predicted octanol–water partition coefficient (Wildman–Crippen LogP) is 6.37. The van der Waals surface area contributed by atoms with E-state index < -0.39 is 0 Å². The van der Waals surface area contributed by atoms with Crippen LogP contribution in [0, 0.1) is 0 Å². The maximum absolute atomic E-state index is 6.34. The van der Waals surface area contributed by atoms with Crippen LogP contribution in [0.1, 0.15) is 42.4 Å². The minimum atomic E-state index is 0.445. The van der Waals surface area contributed by atoms with E-state index in [1.165, 1.54) is 23.1 Å². The van der Waals surface area contributed by atoms with Crippen LogP contribution in [0.3, 0.4) is 0 Å². The van der Waals surface area contributed by atoms with Crippen molar-refractivity contribution in [2.75, 3.05) is 35.0 Å². The summed E-state index contributed by atoms with van der Waals surface area (Å²) in [5.74, 6) is 4.41. The van der Waals surface area contributed by atoms with Crippen LogP contribution >= 0.6 is 0 Å². The maximum Gasteiger partial charge on any atom is 0.169 e. The van der Waals surface area contributed by atoms with Gasteiger partial charge in [-0.25, -0.2) is 0 Å². The Balaban J connectivity index is 1.47. The fraction of sp³-hybridized carbons (Fsp3) is 0.419. The summed E-state index contributed by atoms with van der Waals surface area (Å²) in [6.45, 7) is 0.916. The number of benzene rings is 3. The Morgan fingerprint density at radius 2 is 1.30 bits per heavy atom. The SMILES string of the molecule is COc1ccc(CCNC2CCCCc3ccc(OC)c(c3)Oc3cc(ccc3OC)CC2)cc1OC. The van der Waals surface area contributed by atoms with Gasteiger partial charge in [-0.2, -0.15) is 0 Å². The second-order valence-electron chi connectivity index (χ2n) is 9.45. The first-order valence-electron chi connectivity index (χ1n) is 13.1. The molecule has 0 aliphatic carbocycles. The minimum absolute atomic E-state index is 0.445. The largest absolute Gasteiger partial charge is 0.493 e. The molecule has 4 rings (SSSR count). The number of methoxy groups -OCH3 is 4. The summed E-state index contributed by atoms with van der Waals surface area (Å²) in [6, 6.07) is 19.0. The van der Waals surface area contributed by atoms with Gasteiger partial charge in [0, 0.05) is 6.04 Å². The van der Waals surface area contributed by atoms with E-state index in [-0.39, 0.29) is 0 Å². The molecule has 1 aliphatic heterocycles. The van der Waals surface area contributed by atoms with Crippen molar-refractivity contribution in [3.05, 3.63) is 71.3 Å². The standard InChI is InChI=1S/C31H39NO5/c1-33-26-14-12-24(19-29(26)36-4)17-18-32-25-8-6-5-7-22-10-15-27(34-2)30(20-22)37-31-21-23(9-13-25)11-16-28(31)35-3/h10-12,14-16,19-21,25,32H,5-9,13,17-18H2,1-4H3. The van der Waals surface area contributed by atoms with Gasteiger partial charge in [0.2, 0.25) is 0 Å². The molecule has 1 aliphatic rings. The highest BCUT2D eigenvalue weighted by Gasteiger charge is 2.15. The molecule has 0 saturated heterocycles. The number of rotatable bonds is 8. The number of hydrogen-bond acceptors (Lipinski definition) is 6. The van der Waals surface area contributed by atoms with Crippen LogP contribution in [-0.2, 0) is 19.3 Å². The summed E-state index contributed by atoms with van der Waals surface area (Å²) in [5.41, 5.74) is 3.72. The first kappa shape index (κ1) is 26.7. The normalized spacial score (nSPS) is 15.7. The molecular formula is C31H39NO5. The van der Waals surface area contributed by atoms with Gasteiger partial charge in [-0.3, -0.25) is 0 Å². The highest BCUT2D eigenvalue weighted by Crippen LogP contribution is 2.38. The van der Waals surface area contributed by atoms with Crippen molar-refractivity contribution in [1.82, 2.24) is 5.32 Å². The quantitative estimate of drug-likeness (QED) is 0.384. The van der Waals surface area contributed by atoms with Gasteiger partial charge in [-0.15, -0.1) is 0 Å². The van der Waals surface area contributed by atoms with Crippen molar-refractivity contribution in [3.63, 3.8) is 0 Å². The Morgan fingerprint density at radius 1 is 0.676 bits per heavy atom. The Kier molecular flexibility index (Phi) is 9.55. The Bertz CT molecular complexity index is 1160. The molecular weight excluding hydrogens is 466 g/mol. The molecule has 6 heteroatoms. The topological polar surface area (TPSA) is 58.2 Å². The fourth-order valence-electron chi connectivity index (χ4n) is 4.90. The van der Waals surface area contributed by atoms with Gasteiger partial charge < -0.3 is 29.0 Å². The van der Waals surface area contributed by atoms with Gasteiger partial charge in [-0.1, -0.05) is 24.6 Å². The Hall–Kier alpha value is -3.38. The third-order valence-electron chi connectivity index (χ3n) is 7.02. The van der Waals surface area contributed by atoms with E-state index in [1.54, 1.807) is 28.4 Å². The molecule has 1 unspecified atom stereocenters. The summed E-state index contributed by atoms with van der Waals surface area (Å²) in [5, 5.41) is 3.82. The molecule has 37 heavy (non-hydrogen) atoms. The lowest BCUT2D eigenvalue weighted by Gasteiger charge is -2.21.